The summed E-state index contributed by atoms with van der Waals surface area (Å²) >= 11 is 0. The van der Waals surface area contributed by atoms with Gasteiger partial charge in [-0.3, -0.25) is 4.68 Å². The van der Waals surface area contributed by atoms with Crippen molar-refractivity contribution in [3.05, 3.63) is 47.3 Å². The van der Waals surface area contributed by atoms with Crippen molar-refractivity contribution in [2.75, 3.05) is 18.4 Å². The number of primary amides is 1. The molecule has 0 radical (unpaired) electrons. The molecule has 1 aliphatic rings. The van der Waals surface area contributed by atoms with E-state index in [0.717, 1.165) is 36.7 Å². The lowest BCUT2D eigenvalue weighted by molar-refractivity contribution is 0.193. The highest BCUT2D eigenvalue weighted by Gasteiger charge is 2.22. The van der Waals surface area contributed by atoms with Gasteiger partial charge in [-0.2, -0.15) is 5.10 Å². The maximum atomic E-state index is 13.9. The van der Waals surface area contributed by atoms with Gasteiger partial charge in [-0.05, 0) is 25.3 Å². The lowest BCUT2D eigenvalue weighted by atomic mass is 10.0. The van der Waals surface area contributed by atoms with Crippen molar-refractivity contribution in [2.45, 2.75) is 38.8 Å². The number of nitrogens with zero attached hydrogens (tertiary/aromatic N) is 3. The molecule has 1 saturated heterocycles. The zero-order valence-electron chi connectivity index (χ0n) is 14.7. The van der Waals surface area contributed by atoms with Crippen LogP contribution < -0.4 is 11.1 Å². The molecule has 8 heteroatoms. The molecular formula is C18H23F2N5O. The highest BCUT2D eigenvalue weighted by molar-refractivity contribution is 5.72. The Morgan fingerprint density at radius 1 is 1.35 bits per heavy atom. The molecule has 1 fully saturated rings. The van der Waals surface area contributed by atoms with E-state index in [4.69, 9.17) is 5.73 Å². The van der Waals surface area contributed by atoms with Crippen molar-refractivity contribution in [3.63, 3.8) is 0 Å². The average Bonchev–Trinajstić information content (AvgIpc) is 2.99. The topological polar surface area (TPSA) is 76.2 Å². The number of amides is 2. The first-order chi connectivity index (χ1) is 12.5. The van der Waals surface area contributed by atoms with Gasteiger partial charge in [0.25, 0.3) is 0 Å². The summed E-state index contributed by atoms with van der Waals surface area (Å²) in [6, 6.07) is 3.41. The van der Waals surface area contributed by atoms with E-state index in [1.54, 1.807) is 9.58 Å². The number of likely N-dealkylation sites (tertiary alicyclic amines) is 1. The summed E-state index contributed by atoms with van der Waals surface area (Å²) in [5.41, 5.74) is 7.50. The van der Waals surface area contributed by atoms with Gasteiger partial charge in [0.05, 0.1) is 17.9 Å². The van der Waals surface area contributed by atoms with Crippen molar-refractivity contribution in [1.82, 2.24) is 14.7 Å². The number of aryl methyl sites for hydroxylation is 1. The van der Waals surface area contributed by atoms with Crippen LogP contribution in [0.5, 0.6) is 0 Å². The number of rotatable bonds is 5. The first-order valence-electron chi connectivity index (χ1n) is 8.77. The van der Waals surface area contributed by atoms with Gasteiger partial charge in [0, 0.05) is 37.0 Å². The van der Waals surface area contributed by atoms with Crippen LogP contribution >= 0.6 is 0 Å². The van der Waals surface area contributed by atoms with E-state index in [0.29, 0.717) is 18.7 Å². The smallest absolute Gasteiger partial charge is 0.314 e. The number of piperidine rings is 1. The van der Waals surface area contributed by atoms with Crippen LogP contribution in [0.4, 0.5) is 19.3 Å². The zero-order valence-corrected chi connectivity index (χ0v) is 14.7. The lowest BCUT2D eigenvalue weighted by Crippen LogP contribution is -2.44. The second-order valence-corrected chi connectivity index (χ2v) is 6.52. The van der Waals surface area contributed by atoms with Gasteiger partial charge < -0.3 is 16.0 Å². The number of carbonyl (C=O) groups is 1. The van der Waals surface area contributed by atoms with Crippen molar-refractivity contribution >= 4 is 11.7 Å². The molecule has 0 bridgehead atoms. The van der Waals surface area contributed by atoms with Gasteiger partial charge in [-0.1, -0.05) is 13.0 Å². The number of hydrogen-bond donors (Lipinski definition) is 2. The predicted octanol–water partition coefficient (Wildman–Crippen LogP) is 2.73. The minimum absolute atomic E-state index is 0.233. The number of nitrogens with one attached hydrogen (secondary N) is 1. The van der Waals surface area contributed by atoms with Gasteiger partial charge in [-0.15, -0.1) is 0 Å². The SMILES string of the molecule is CCc1nn(Cc2ccc(F)cc2F)cc1NC1CCN(C(N)=O)CC1. The zero-order chi connectivity index (χ0) is 18.7. The first kappa shape index (κ1) is 18.2. The summed E-state index contributed by atoms with van der Waals surface area (Å²) in [6.45, 7) is 3.50. The van der Waals surface area contributed by atoms with Crippen LogP contribution in [0.25, 0.3) is 0 Å². The molecule has 0 spiro atoms. The average molecular weight is 363 g/mol. The lowest BCUT2D eigenvalue weighted by Gasteiger charge is -2.31. The molecule has 3 N–H and O–H groups in total. The van der Waals surface area contributed by atoms with Crippen LogP contribution in [0.3, 0.4) is 0 Å². The fourth-order valence-corrected chi connectivity index (χ4v) is 3.21. The monoisotopic (exact) mass is 363 g/mol. The Hall–Kier alpha value is -2.64. The molecule has 0 saturated carbocycles. The molecular weight excluding hydrogens is 340 g/mol. The summed E-state index contributed by atoms with van der Waals surface area (Å²) in [5.74, 6) is -1.17. The molecule has 1 aliphatic heterocycles. The standard InChI is InChI=1S/C18H23F2N5O/c1-2-16-17(22-14-5-7-24(8-6-14)18(21)26)11-25(23-16)10-12-3-4-13(19)9-15(12)20/h3-4,9,11,14,22H,2,5-8,10H2,1H3,(H2,21,26). The second kappa shape index (κ2) is 7.72. The van der Waals surface area contributed by atoms with E-state index in [9.17, 15) is 13.6 Å². The van der Waals surface area contributed by atoms with Gasteiger partial charge in [-0.25, -0.2) is 13.6 Å². The quantitative estimate of drug-likeness (QED) is 0.858. The van der Waals surface area contributed by atoms with E-state index in [2.05, 4.69) is 10.4 Å². The van der Waals surface area contributed by atoms with Crippen LogP contribution in [-0.2, 0) is 13.0 Å². The summed E-state index contributed by atoms with van der Waals surface area (Å²) < 4.78 is 28.6. The number of nitrogens with two attached hydrogens (primary N) is 1. The number of aromatic nitrogens is 2. The molecule has 2 heterocycles. The number of halogens is 2. The molecule has 0 aliphatic carbocycles. The van der Waals surface area contributed by atoms with Crippen LogP contribution in [0.15, 0.2) is 24.4 Å². The van der Waals surface area contributed by atoms with Gasteiger partial charge >= 0.3 is 6.03 Å². The summed E-state index contributed by atoms with van der Waals surface area (Å²) in [4.78, 5) is 12.8. The van der Waals surface area contributed by atoms with Crippen LogP contribution in [0, 0.1) is 11.6 Å². The fraction of sp³-hybridized carbons (Fsp3) is 0.444. The molecule has 6 nitrogen and oxygen atoms in total. The minimum Gasteiger partial charge on any atom is -0.379 e. The first-order valence-corrected chi connectivity index (χ1v) is 8.77. The Bertz CT molecular complexity index is 784. The van der Waals surface area contributed by atoms with Crippen LogP contribution in [0.2, 0.25) is 0 Å². The third-order valence-electron chi connectivity index (χ3n) is 4.69. The maximum Gasteiger partial charge on any atom is 0.314 e. The molecule has 2 amide bonds. The second-order valence-electron chi connectivity index (χ2n) is 6.52. The molecule has 3 rings (SSSR count). The van der Waals surface area contributed by atoms with Gasteiger partial charge in [0.15, 0.2) is 0 Å². The molecule has 2 aromatic rings. The number of urea groups is 1. The number of benzene rings is 1. The Morgan fingerprint density at radius 3 is 2.69 bits per heavy atom. The Morgan fingerprint density at radius 2 is 2.08 bits per heavy atom. The number of anilines is 1. The van der Waals surface area contributed by atoms with E-state index in [1.807, 2.05) is 13.1 Å². The van der Waals surface area contributed by atoms with E-state index >= 15 is 0 Å². The van der Waals surface area contributed by atoms with Crippen molar-refractivity contribution in [1.29, 1.82) is 0 Å². The normalized spacial score (nSPS) is 15.3. The highest BCUT2D eigenvalue weighted by atomic mass is 19.1. The van der Waals surface area contributed by atoms with Crippen LogP contribution in [0.1, 0.15) is 31.0 Å². The summed E-state index contributed by atoms with van der Waals surface area (Å²) in [5, 5.41) is 7.98. The summed E-state index contributed by atoms with van der Waals surface area (Å²) in [6.07, 6.45) is 4.21. The largest absolute Gasteiger partial charge is 0.379 e. The third-order valence-corrected chi connectivity index (χ3v) is 4.69. The Labute approximate surface area is 151 Å². The molecule has 0 atom stereocenters. The maximum absolute atomic E-state index is 13.9. The molecule has 1 aromatic carbocycles. The Balaban J connectivity index is 1.68. The molecule has 140 valence electrons. The predicted molar refractivity (Wildman–Crippen MR) is 94.9 cm³/mol. The Kier molecular flexibility index (Phi) is 5.39. The van der Waals surface area contributed by atoms with E-state index in [1.165, 1.54) is 12.1 Å². The van der Waals surface area contributed by atoms with Gasteiger partial charge in [0.2, 0.25) is 0 Å². The molecule has 1 aromatic heterocycles. The highest BCUT2D eigenvalue weighted by Crippen LogP contribution is 2.21. The number of carbonyl (C=O) groups excluding carboxylic acids is 1. The van der Waals surface area contributed by atoms with Crippen LogP contribution in [-0.4, -0.2) is 39.8 Å². The van der Waals surface area contributed by atoms with E-state index < -0.39 is 11.6 Å². The van der Waals surface area contributed by atoms with Crippen molar-refractivity contribution in [3.8, 4) is 0 Å². The van der Waals surface area contributed by atoms with Gasteiger partial charge in [0.1, 0.15) is 11.6 Å². The third kappa shape index (κ3) is 4.12. The summed E-state index contributed by atoms with van der Waals surface area (Å²) in [7, 11) is 0. The van der Waals surface area contributed by atoms with Crippen molar-refractivity contribution < 1.29 is 13.6 Å². The van der Waals surface area contributed by atoms with E-state index in [-0.39, 0.29) is 18.6 Å². The van der Waals surface area contributed by atoms with Crippen molar-refractivity contribution in [2.24, 2.45) is 5.73 Å². The number of hydrogen-bond acceptors (Lipinski definition) is 3. The minimum atomic E-state index is -0.592. The molecule has 0 unspecified atom stereocenters. The fourth-order valence-electron chi connectivity index (χ4n) is 3.21. The molecule has 26 heavy (non-hydrogen) atoms.